The van der Waals surface area contributed by atoms with E-state index in [4.69, 9.17) is 0 Å². The van der Waals surface area contributed by atoms with E-state index in [1.807, 2.05) is 0 Å². The Kier molecular flexibility index (Phi) is 8.96. The molecule has 0 fully saturated rings. The third-order valence-electron chi connectivity index (χ3n) is 8.20. The van der Waals surface area contributed by atoms with Crippen LogP contribution in [0.15, 0.2) is 59.7 Å². The van der Waals surface area contributed by atoms with E-state index in [2.05, 4.69) is 0 Å². The molecule has 2 aliphatic rings. The van der Waals surface area contributed by atoms with Gasteiger partial charge in [-0.1, -0.05) is 6.07 Å². The van der Waals surface area contributed by atoms with Crippen LogP contribution in [0.2, 0.25) is 0 Å². The maximum absolute atomic E-state index is 13.9. The van der Waals surface area contributed by atoms with Crippen LogP contribution in [-0.2, 0) is 24.7 Å². The second-order valence-corrected chi connectivity index (χ2v) is 11.2. The number of nitrogens with zero attached hydrogens (tertiary/aromatic N) is 6. The van der Waals surface area contributed by atoms with E-state index in [1.165, 1.54) is 24.3 Å². The SMILES string of the molecule is N#CC(C#N)=C1C(c2cc(C(F)(F)F)cc(C(F)(F)F)c2)=C(C#N)c2cc3c(cc21)C(C#N)=C(c1ccc(C(F)(F)F)c(C(F)(F)F)c1)C3=C(C#N)C#N. The van der Waals surface area contributed by atoms with Crippen molar-refractivity contribution in [1.29, 1.82) is 31.6 Å². The zero-order valence-electron chi connectivity index (χ0n) is 25.8. The predicted molar refractivity (Wildman–Crippen MR) is 160 cm³/mol. The molecule has 0 unspecified atom stereocenters. The van der Waals surface area contributed by atoms with E-state index in [1.54, 1.807) is 12.1 Å². The van der Waals surface area contributed by atoms with E-state index >= 15 is 0 Å². The molecule has 0 N–H and O–H groups in total. The molecule has 0 spiro atoms. The van der Waals surface area contributed by atoms with E-state index in [9.17, 15) is 84.3 Å². The molecular formula is C36H8F12N6. The summed E-state index contributed by atoms with van der Waals surface area (Å²) in [5, 5.41) is 59.8. The Labute approximate surface area is 294 Å². The molecule has 0 radical (unpaired) electrons. The third kappa shape index (κ3) is 6.17. The van der Waals surface area contributed by atoms with E-state index in [0.29, 0.717) is 6.07 Å². The molecule has 3 aromatic rings. The molecule has 0 aliphatic heterocycles. The summed E-state index contributed by atoms with van der Waals surface area (Å²) in [6.45, 7) is 0. The van der Waals surface area contributed by atoms with Crippen molar-refractivity contribution >= 4 is 33.4 Å². The molecule has 3 aromatic carbocycles. The van der Waals surface area contributed by atoms with Crippen LogP contribution in [0.3, 0.4) is 0 Å². The molecule has 0 aromatic heterocycles. The van der Waals surface area contributed by atoms with Crippen molar-refractivity contribution in [2.45, 2.75) is 24.7 Å². The van der Waals surface area contributed by atoms with Crippen molar-refractivity contribution in [3.8, 4) is 36.4 Å². The maximum atomic E-state index is 13.9. The van der Waals surface area contributed by atoms with Gasteiger partial charge in [0.15, 0.2) is 0 Å². The zero-order valence-corrected chi connectivity index (χ0v) is 25.8. The van der Waals surface area contributed by atoms with Crippen LogP contribution in [0, 0.1) is 68.0 Å². The number of hydrogen-bond acceptors (Lipinski definition) is 6. The average molecular weight is 752 g/mol. The van der Waals surface area contributed by atoms with Crippen molar-refractivity contribution in [1.82, 2.24) is 0 Å². The number of benzene rings is 3. The van der Waals surface area contributed by atoms with Crippen LogP contribution in [-0.4, -0.2) is 0 Å². The van der Waals surface area contributed by atoms with Gasteiger partial charge in [0.05, 0.1) is 33.4 Å². The van der Waals surface area contributed by atoms with Gasteiger partial charge in [0.25, 0.3) is 0 Å². The highest BCUT2D eigenvalue weighted by molar-refractivity contribution is 6.29. The molecule has 0 saturated heterocycles. The fraction of sp³-hybridized carbons (Fsp3) is 0.111. The van der Waals surface area contributed by atoms with Crippen molar-refractivity contribution in [2.75, 3.05) is 0 Å². The number of allylic oxidation sites excluding steroid dienone is 8. The van der Waals surface area contributed by atoms with Gasteiger partial charge < -0.3 is 0 Å². The van der Waals surface area contributed by atoms with Crippen molar-refractivity contribution in [3.05, 3.63) is 115 Å². The Bertz CT molecular complexity index is 2540. The molecule has 0 bridgehead atoms. The van der Waals surface area contributed by atoms with Gasteiger partial charge in [-0.25, -0.2) is 0 Å². The van der Waals surface area contributed by atoms with Gasteiger partial charge in [0.1, 0.15) is 47.6 Å². The normalized spacial score (nSPS) is 14.0. The molecule has 6 nitrogen and oxygen atoms in total. The lowest BCUT2D eigenvalue weighted by Gasteiger charge is -2.17. The van der Waals surface area contributed by atoms with Crippen molar-refractivity contribution in [3.63, 3.8) is 0 Å². The fourth-order valence-corrected chi connectivity index (χ4v) is 6.10. The first kappa shape index (κ1) is 38.0. The lowest BCUT2D eigenvalue weighted by atomic mass is 9.89. The van der Waals surface area contributed by atoms with E-state index in [0.717, 1.165) is 12.1 Å². The maximum Gasteiger partial charge on any atom is 0.417 e. The van der Waals surface area contributed by atoms with E-state index < -0.39 is 125 Å². The second-order valence-electron chi connectivity index (χ2n) is 11.2. The topological polar surface area (TPSA) is 143 Å². The average Bonchev–Trinajstić information content (AvgIpc) is 3.58. The van der Waals surface area contributed by atoms with Gasteiger partial charge in [-0.2, -0.15) is 84.3 Å². The predicted octanol–water partition coefficient (Wildman–Crippen LogP) is 10.3. The van der Waals surface area contributed by atoms with Crippen LogP contribution >= 0.6 is 0 Å². The highest BCUT2D eigenvalue weighted by Gasteiger charge is 2.45. The summed E-state index contributed by atoms with van der Waals surface area (Å²) in [5.41, 5.74) is -17.3. The second kappa shape index (κ2) is 12.7. The summed E-state index contributed by atoms with van der Waals surface area (Å²) in [7, 11) is 0. The highest BCUT2D eigenvalue weighted by atomic mass is 19.4. The lowest BCUT2D eigenvalue weighted by molar-refractivity contribution is -0.162. The number of halogens is 12. The molecule has 2 aliphatic carbocycles. The zero-order chi connectivity index (χ0) is 40.3. The standard InChI is InChI=1S/C36H8F12N6/c37-33(38,39)19-3-16(4-20(6-19)34(40,41)42)30-26(14-54)22-8-23-21(7-24(22)32(30)18(11-51)12-52)25(13-53)29(31(23)17(9-49)10-50)15-1-2-27(35(43,44)45)28(5-15)36(46,47)48/h1-8H. The largest absolute Gasteiger partial charge is 0.417 e. The van der Waals surface area contributed by atoms with Gasteiger partial charge in [0, 0.05) is 33.4 Å². The van der Waals surface area contributed by atoms with Gasteiger partial charge in [-0.15, -0.1) is 0 Å². The van der Waals surface area contributed by atoms with E-state index in [-0.39, 0.29) is 30.3 Å². The molecule has 54 heavy (non-hydrogen) atoms. The molecule has 18 heteroatoms. The smallest absolute Gasteiger partial charge is 0.192 e. The Hall–Kier alpha value is -7.28. The van der Waals surface area contributed by atoms with Gasteiger partial charge >= 0.3 is 24.7 Å². The summed E-state index contributed by atoms with van der Waals surface area (Å²) in [6.07, 6.45) is -21.9. The summed E-state index contributed by atoms with van der Waals surface area (Å²) >= 11 is 0. The fourth-order valence-electron chi connectivity index (χ4n) is 6.10. The Morgan fingerprint density at radius 2 is 0.796 bits per heavy atom. The molecule has 5 rings (SSSR count). The van der Waals surface area contributed by atoms with Gasteiger partial charge in [0.2, 0.25) is 0 Å². The summed E-state index contributed by atoms with van der Waals surface area (Å²) in [6, 6.07) is 11.7. The monoisotopic (exact) mass is 752 g/mol. The van der Waals surface area contributed by atoms with Crippen LogP contribution in [0.4, 0.5) is 52.7 Å². The summed E-state index contributed by atoms with van der Waals surface area (Å²) in [5.74, 6) is 0. The first-order chi connectivity index (χ1) is 25.1. The Morgan fingerprint density at radius 1 is 0.407 bits per heavy atom. The third-order valence-corrected chi connectivity index (χ3v) is 8.20. The minimum atomic E-state index is -5.62. The minimum absolute atomic E-state index is 0.0286. The van der Waals surface area contributed by atoms with Crippen molar-refractivity contribution in [2.24, 2.45) is 0 Å². The first-order valence-corrected chi connectivity index (χ1v) is 14.2. The van der Waals surface area contributed by atoms with Crippen LogP contribution in [0.25, 0.3) is 33.4 Å². The van der Waals surface area contributed by atoms with Gasteiger partial charge in [-0.3, -0.25) is 0 Å². The number of alkyl halides is 12. The van der Waals surface area contributed by atoms with Crippen LogP contribution < -0.4 is 0 Å². The minimum Gasteiger partial charge on any atom is -0.192 e. The molecule has 0 heterocycles. The number of hydrogen-bond donors (Lipinski definition) is 0. The van der Waals surface area contributed by atoms with Gasteiger partial charge in [-0.05, 0) is 64.7 Å². The Morgan fingerprint density at radius 3 is 1.13 bits per heavy atom. The van der Waals surface area contributed by atoms with Crippen LogP contribution in [0.5, 0.6) is 0 Å². The molecule has 0 atom stereocenters. The summed E-state index contributed by atoms with van der Waals surface area (Å²) in [4.78, 5) is 0. The number of nitriles is 6. The summed E-state index contributed by atoms with van der Waals surface area (Å²) < 4.78 is 166. The Balaban J connectivity index is 1.94. The highest BCUT2D eigenvalue weighted by Crippen LogP contribution is 2.55. The van der Waals surface area contributed by atoms with Crippen molar-refractivity contribution < 1.29 is 52.7 Å². The number of fused-ring (bicyclic) bond motifs is 2. The molecule has 0 saturated carbocycles. The first-order valence-electron chi connectivity index (χ1n) is 14.2. The molecule has 266 valence electrons. The number of rotatable bonds is 2. The molecule has 0 amide bonds. The van der Waals surface area contributed by atoms with Crippen LogP contribution in [0.1, 0.15) is 55.6 Å². The molecular weight excluding hydrogens is 744 g/mol. The lowest BCUT2D eigenvalue weighted by Crippen LogP contribution is -2.16. The quantitative estimate of drug-likeness (QED) is 0.188.